The number of ether oxygens (including phenoxy) is 1. The Hall–Kier alpha value is -1.33. The van der Waals surface area contributed by atoms with Crippen LogP contribution in [0.15, 0.2) is 18.2 Å². The third kappa shape index (κ3) is 3.36. The molecule has 1 unspecified atom stereocenters. The highest BCUT2D eigenvalue weighted by molar-refractivity contribution is 5.67. The molecule has 0 amide bonds. The fourth-order valence-corrected chi connectivity index (χ4v) is 1.53. The molecule has 0 saturated heterocycles. The number of likely N-dealkylation sites (N-methyl/N-ethyl adjacent to an activating group) is 1. The summed E-state index contributed by atoms with van der Waals surface area (Å²) in [5.74, 6) is -0.368. The summed E-state index contributed by atoms with van der Waals surface area (Å²) in [6, 6.07) is 4.18. The van der Waals surface area contributed by atoms with Gasteiger partial charge < -0.3 is 20.5 Å². The Morgan fingerprint density at radius 3 is 2.81 bits per heavy atom. The summed E-state index contributed by atoms with van der Waals surface area (Å²) in [6.07, 6.45) is -0.598. The summed E-state index contributed by atoms with van der Waals surface area (Å²) in [4.78, 5) is 1.76. The first-order valence-electron chi connectivity index (χ1n) is 4.97. The van der Waals surface area contributed by atoms with Gasteiger partial charge in [0.1, 0.15) is 5.82 Å². The second-order valence-corrected chi connectivity index (χ2v) is 3.69. The predicted molar refractivity (Wildman–Crippen MR) is 62.0 cm³/mol. The molecule has 0 aliphatic heterocycles. The number of aliphatic hydroxyl groups is 1. The van der Waals surface area contributed by atoms with Crippen molar-refractivity contribution in [3.8, 4) is 0 Å². The molecular weight excluding hydrogens is 211 g/mol. The van der Waals surface area contributed by atoms with Gasteiger partial charge in [-0.25, -0.2) is 4.39 Å². The van der Waals surface area contributed by atoms with Crippen molar-refractivity contribution >= 4 is 11.4 Å². The summed E-state index contributed by atoms with van der Waals surface area (Å²) in [7, 11) is 3.30. The summed E-state index contributed by atoms with van der Waals surface area (Å²) in [5, 5.41) is 9.54. The van der Waals surface area contributed by atoms with Gasteiger partial charge in [0.15, 0.2) is 0 Å². The molecule has 1 aromatic carbocycles. The quantitative estimate of drug-likeness (QED) is 0.734. The number of hydrogen-bond acceptors (Lipinski definition) is 4. The van der Waals surface area contributed by atoms with Crippen molar-refractivity contribution in [2.24, 2.45) is 0 Å². The molecule has 1 atom stereocenters. The first kappa shape index (κ1) is 12.7. The van der Waals surface area contributed by atoms with Crippen LogP contribution in [-0.2, 0) is 4.74 Å². The fourth-order valence-electron chi connectivity index (χ4n) is 1.53. The lowest BCUT2D eigenvalue weighted by atomic mass is 10.2. The molecule has 0 bridgehead atoms. The van der Waals surface area contributed by atoms with Crippen molar-refractivity contribution in [2.45, 2.75) is 6.10 Å². The van der Waals surface area contributed by atoms with Gasteiger partial charge >= 0.3 is 0 Å². The number of hydrogen-bond donors (Lipinski definition) is 2. The molecule has 0 saturated carbocycles. The van der Waals surface area contributed by atoms with E-state index in [1.165, 1.54) is 19.2 Å². The minimum absolute atomic E-state index is 0.255. The van der Waals surface area contributed by atoms with Crippen LogP contribution < -0.4 is 10.6 Å². The second-order valence-electron chi connectivity index (χ2n) is 3.69. The monoisotopic (exact) mass is 228 g/mol. The molecule has 0 aliphatic carbocycles. The highest BCUT2D eigenvalue weighted by Gasteiger charge is 2.11. The Bertz CT molecular complexity index is 347. The number of halogens is 1. The Labute approximate surface area is 94.4 Å². The van der Waals surface area contributed by atoms with E-state index in [-0.39, 0.29) is 12.4 Å². The van der Waals surface area contributed by atoms with Gasteiger partial charge in [-0.2, -0.15) is 0 Å². The predicted octanol–water partition coefficient (Wildman–Crippen LogP) is 0.851. The maximum atomic E-state index is 12.8. The molecule has 3 N–H and O–H groups in total. The summed E-state index contributed by atoms with van der Waals surface area (Å²) < 4.78 is 17.6. The normalized spacial score (nSPS) is 12.5. The number of nitrogen functional groups attached to an aromatic ring is 1. The van der Waals surface area contributed by atoms with Crippen molar-refractivity contribution in [1.29, 1.82) is 0 Å². The van der Waals surface area contributed by atoms with Crippen LogP contribution in [0.4, 0.5) is 15.8 Å². The largest absolute Gasteiger partial charge is 0.397 e. The Balaban J connectivity index is 2.69. The third-order valence-electron chi connectivity index (χ3n) is 2.24. The molecule has 0 fully saturated rings. The van der Waals surface area contributed by atoms with Crippen molar-refractivity contribution in [2.75, 3.05) is 37.9 Å². The van der Waals surface area contributed by atoms with E-state index < -0.39 is 6.10 Å². The van der Waals surface area contributed by atoms with Crippen LogP contribution in [0.5, 0.6) is 0 Å². The summed E-state index contributed by atoms with van der Waals surface area (Å²) >= 11 is 0. The van der Waals surface area contributed by atoms with E-state index in [2.05, 4.69) is 0 Å². The lowest BCUT2D eigenvalue weighted by Crippen LogP contribution is -2.32. The number of methoxy groups -OCH3 is 1. The van der Waals surface area contributed by atoms with Crippen molar-refractivity contribution in [3.63, 3.8) is 0 Å². The SMILES string of the molecule is COCC(O)CN(C)c1ccc(F)cc1N. The maximum Gasteiger partial charge on any atom is 0.125 e. The highest BCUT2D eigenvalue weighted by Crippen LogP contribution is 2.22. The molecule has 4 nitrogen and oxygen atoms in total. The Kier molecular flexibility index (Phi) is 4.52. The van der Waals surface area contributed by atoms with E-state index in [0.717, 1.165) is 0 Å². The summed E-state index contributed by atoms with van der Waals surface area (Å²) in [5.41, 5.74) is 6.72. The first-order valence-corrected chi connectivity index (χ1v) is 4.97. The van der Waals surface area contributed by atoms with E-state index in [1.807, 2.05) is 0 Å². The van der Waals surface area contributed by atoms with E-state index in [4.69, 9.17) is 10.5 Å². The number of nitrogens with zero attached hydrogens (tertiary/aromatic N) is 1. The Morgan fingerprint density at radius 2 is 2.25 bits per heavy atom. The average Bonchev–Trinajstić information content (AvgIpc) is 2.17. The minimum atomic E-state index is -0.598. The van der Waals surface area contributed by atoms with Crippen LogP contribution in [0.1, 0.15) is 0 Å². The molecule has 5 heteroatoms. The van der Waals surface area contributed by atoms with Gasteiger partial charge in [-0.1, -0.05) is 0 Å². The molecule has 0 aromatic heterocycles. The molecule has 0 aliphatic rings. The van der Waals surface area contributed by atoms with Crippen molar-refractivity contribution in [3.05, 3.63) is 24.0 Å². The van der Waals surface area contributed by atoms with E-state index in [1.54, 1.807) is 18.0 Å². The van der Waals surface area contributed by atoms with Crippen LogP contribution in [0.25, 0.3) is 0 Å². The molecule has 16 heavy (non-hydrogen) atoms. The Morgan fingerprint density at radius 1 is 1.56 bits per heavy atom. The number of nitrogens with two attached hydrogens (primary N) is 1. The minimum Gasteiger partial charge on any atom is -0.397 e. The average molecular weight is 228 g/mol. The molecule has 0 radical (unpaired) electrons. The molecule has 0 heterocycles. The van der Waals surface area contributed by atoms with Crippen LogP contribution in [0.2, 0.25) is 0 Å². The van der Waals surface area contributed by atoms with Crippen LogP contribution in [-0.4, -0.2) is 38.5 Å². The number of aliphatic hydroxyl groups excluding tert-OH is 1. The van der Waals surface area contributed by atoms with E-state index in [0.29, 0.717) is 17.9 Å². The zero-order chi connectivity index (χ0) is 12.1. The van der Waals surface area contributed by atoms with Gasteiger partial charge in [0, 0.05) is 20.7 Å². The van der Waals surface area contributed by atoms with Gasteiger partial charge in [0.2, 0.25) is 0 Å². The smallest absolute Gasteiger partial charge is 0.125 e. The maximum absolute atomic E-state index is 12.8. The molecule has 1 rings (SSSR count). The lowest BCUT2D eigenvalue weighted by molar-refractivity contribution is 0.0695. The van der Waals surface area contributed by atoms with Crippen molar-refractivity contribution in [1.82, 2.24) is 0 Å². The zero-order valence-corrected chi connectivity index (χ0v) is 9.48. The molecular formula is C11H17FN2O2. The standard InChI is InChI=1S/C11H17FN2O2/c1-14(6-9(15)7-16-2)11-4-3-8(12)5-10(11)13/h3-5,9,15H,6-7,13H2,1-2H3. The third-order valence-corrected chi connectivity index (χ3v) is 2.24. The van der Waals surface area contributed by atoms with Crippen molar-refractivity contribution < 1.29 is 14.2 Å². The van der Waals surface area contributed by atoms with Gasteiger partial charge in [-0.15, -0.1) is 0 Å². The lowest BCUT2D eigenvalue weighted by Gasteiger charge is -2.23. The molecule has 90 valence electrons. The van der Waals surface area contributed by atoms with Gasteiger partial charge in [-0.3, -0.25) is 0 Å². The van der Waals surface area contributed by atoms with E-state index >= 15 is 0 Å². The second kappa shape index (κ2) is 5.67. The van der Waals surface area contributed by atoms with Gasteiger partial charge in [0.25, 0.3) is 0 Å². The topological polar surface area (TPSA) is 58.7 Å². The highest BCUT2D eigenvalue weighted by atomic mass is 19.1. The molecule has 1 aromatic rings. The van der Waals surface area contributed by atoms with Gasteiger partial charge in [0.05, 0.1) is 24.1 Å². The van der Waals surface area contributed by atoms with Crippen LogP contribution in [0, 0.1) is 5.82 Å². The number of benzene rings is 1. The van der Waals surface area contributed by atoms with Gasteiger partial charge in [-0.05, 0) is 18.2 Å². The summed E-state index contributed by atoms with van der Waals surface area (Å²) in [6.45, 7) is 0.634. The van der Waals surface area contributed by atoms with Crippen LogP contribution in [0.3, 0.4) is 0 Å². The fraction of sp³-hybridized carbons (Fsp3) is 0.455. The molecule has 0 spiro atoms. The zero-order valence-electron chi connectivity index (χ0n) is 9.48. The van der Waals surface area contributed by atoms with Crippen LogP contribution >= 0.6 is 0 Å². The number of anilines is 2. The first-order chi connectivity index (χ1) is 7.54. The van der Waals surface area contributed by atoms with E-state index in [9.17, 15) is 9.50 Å². The number of rotatable bonds is 5.